The minimum atomic E-state index is -3.80. The highest BCUT2D eigenvalue weighted by atomic mass is 35.5. The topological polar surface area (TPSA) is 72.5 Å². The summed E-state index contributed by atoms with van der Waals surface area (Å²) < 4.78 is 32.3. The van der Waals surface area contributed by atoms with Crippen LogP contribution in [0.3, 0.4) is 0 Å². The molecule has 2 rings (SSSR count). The molecule has 0 unspecified atom stereocenters. The third-order valence-corrected chi connectivity index (χ3v) is 5.54. The average molecular weight is 332 g/mol. The highest BCUT2D eigenvalue weighted by Gasteiger charge is 2.44. The smallest absolute Gasteiger partial charge is 0.327 e. The van der Waals surface area contributed by atoms with Crippen molar-refractivity contribution in [3.63, 3.8) is 0 Å². The Morgan fingerprint density at radius 1 is 1.19 bits per heavy atom. The third-order valence-electron chi connectivity index (χ3n) is 3.74. The Balaban J connectivity index is 2.31. The van der Waals surface area contributed by atoms with E-state index in [2.05, 4.69) is 4.72 Å². The van der Waals surface area contributed by atoms with Gasteiger partial charge in [-0.1, -0.05) is 30.9 Å². The van der Waals surface area contributed by atoms with Gasteiger partial charge in [-0.25, -0.2) is 8.42 Å². The van der Waals surface area contributed by atoms with Crippen LogP contribution in [0.1, 0.15) is 32.1 Å². The lowest BCUT2D eigenvalue weighted by Crippen LogP contribution is -2.55. The van der Waals surface area contributed by atoms with Gasteiger partial charge in [-0.3, -0.25) is 4.79 Å². The number of halogens is 1. The zero-order chi connectivity index (χ0) is 15.5. The zero-order valence-corrected chi connectivity index (χ0v) is 13.3. The van der Waals surface area contributed by atoms with Crippen LogP contribution >= 0.6 is 11.6 Å². The van der Waals surface area contributed by atoms with Crippen LogP contribution in [0, 0.1) is 0 Å². The van der Waals surface area contributed by atoms with E-state index in [0.717, 1.165) is 19.3 Å². The van der Waals surface area contributed by atoms with Crippen LogP contribution in [-0.2, 0) is 19.6 Å². The van der Waals surface area contributed by atoms with Crippen molar-refractivity contribution >= 4 is 27.6 Å². The van der Waals surface area contributed by atoms with E-state index in [1.54, 1.807) is 0 Å². The predicted octanol–water partition coefficient (Wildman–Crippen LogP) is 2.49. The minimum absolute atomic E-state index is 0.0840. The first-order valence-corrected chi connectivity index (χ1v) is 8.64. The van der Waals surface area contributed by atoms with E-state index >= 15 is 0 Å². The number of carbonyl (C=O) groups excluding carboxylic acids is 1. The average Bonchev–Trinajstić information content (AvgIpc) is 2.47. The number of sulfonamides is 1. The van der Waals surface area contributed by atoms with E-state index in [1.807, 2.05) is 0 Å². The number of nitrogens with one attached hydrogen (secondary N) is 1. The maximum absolute atomic E-state index is 12.5. The summed E-state index contributed by atoms with van der Waals surface area (Å²) in [5.74, 6) is -0.528. The monoisotopic (exact) mass is 331 g/mol. The molecule has 0 atom stereocenters. The molecule has 0 spiro atoms. The molecule has 1 aromatic rings. The molecule has 0 aliphatic heterocycles. The fourth-order valence-electron chi connectivity index (χ4n) is 2.63. The molecule has 0 saturated heterocycles. The van der Waals surface area contributed by atoms with Crippen molar-refractivity contribution in [3.05, 3.63) is 29.3 Å². The normalized spacial score (nSPS) is 18.2. The van der Waals surface area contributed by atoms with E-state index in [1.165, 1.54) is 31.4 Å². The Kier molecular flexibility index (Phi) is 4.91. The highest BCUT2D eigenvalue weighted by molar-refractivity contribution is 7.89. The summed E-state index contributed by atoms with van der Waals surface area (Å²) in [5, 5.41) is 0.453. The molecule has 1 aromatic carbocycles. The van der Waals surface area contributed by atoms with Gasteiger partial charge in [-0.05, 0) is 37.1 Å². The van der Waals surface area contributed by atoms with Gasteiger partial charge in [0.2, 0.25) is 10.0 Å². The van der Waals surface area contributed by atoms with Crippen molar-refractivity contribution in [2.24, 2.45) is 0 Å². The molecule has 1 N–H and O–H groups in total. The molecule has 0 heterocycles. The summed E-state index contributed by atoms with van der Waals surface area (Å²) in [4.78, 5) is 12.2. The van der Waals surface area contributed by atoms with Crippen LogP contribution in [0.2, 0.25) is 5.02 Å². The number of rotatable bonds is 4. The third kappa shape index (κ3) is 3.56. The Hall–Kier alpha value is -1.11. The molecule has 5 nitrogen and oxygen atoms in total. The molecule has 0 bridgehead atoms. The minimum Gasteiger partial charge on any atom is -0.468 e. The molecule has 0 amide bonds. The Bertz CT molecular complexity index is 606. The van der Waals surface area contributed by atoms with Gasteiger partial charge < -0.3 is 4.74 Å². The molecule has 21 heavy (non-hydrogen) atoms. The molecule has 7 heteroatoms. The van der Waals surface area contributed by atoms with E-state index in [4.69, 9.17) is 16.3 Å². The van der Waals surface area contributed by atoms with Crippen LogP contribution in [0.25, 0.3) is 0 Å². The molecule has 1 aliphatic rings. The van der Waals surface area contributed by atoms with Crippen LogP contribution < -0.4 is 4.72 Å². The Morgan fingerprint density at radius 2 is 1.76 bits per heavy atom. The maximum Gasteiger partial charge on any atom is 0.327 e. The van der Waals surface area contributed by atoms with Gasteiger partial charge in [-0.15, -0.1) is 0 Å². The number of hydrogen-bond acceptors (Lipinski definition) is 4. The van der Waals surface area contributed by atoms with Gasteiger partial charge in [0.25, 0.3) is 0 Å². The largest absolute Gasteiger partial charge is 0.468 e. The fraction of sp³-hybridized carbons (Fsp3) is 0.500. The van der Waals surface area contributed by atoms with Crippen molar-refractivity contribution in [2.45, 2.75) is 42.5 Å². The number of esters is 1. The standard InChI is InChI=1S/C14H18ClNO4S/c1-20-13(17)14(9-3-2-4-10-14)16-21(18,19)12-7-5-11(15)6-8-12/h5-8,16H,2-4,9-10H2,1H3. The van der Waals surface area contributed by atoms with E-state index in [-0.39, 0.29) is 4.90 Å². The predicted molar refractivity (Wildman–Crippen MR) is 79.6 cm³/mol. The molecule has 0 aromatic heterocycles. The van der Waals surface area contributed by atoms with Crippen LogP contribution in [0.4, 0.5) is 0 Å². The summed E-state index contributed by atoms with van der Waals surface area (Å²) in [6.07, 6.45) is 3.47. The SMILES string of the molecule is COC(=O)C1(NS(=O)(=O)c2ccc(Cl)cc2)CCCCC1. The van der Waals surface area contributed by atoms with Crippen molar-refractivity contribution in [1.82, 2.24) is 4.72 Å². The van der Waals surface area contributed by atoms with Crippen LogP contribution in [0.15, 0.2) is 29.2 Å². The summed E-state index contributed by atoms with van der Waals surface area (Å²) in [6.45, 7) is 0. The molecule has 1 fully saturated rings. The van der Waals surface area contributed by atoms with Gasteiger partial charge in [0, 0.05) is 5.02 Å². The van der Waals surface area contributed by atoms with Gasteiger partial charge >= 0.3 is 5.97 Å². The lowest BCUT2D eigenvalue weighted by atomic mass is 9.83. The molecular formula is C14H18ClNO4S. The zero-order valence-electron chi connectivity index (χ0n) is 11.8. The maximum atomic E-state index is 12.5. The summed E-state index contributed by atoms with van der Waals surface area (Å²) in [7, 11) is -2.53. The van der Waals surface area contributed by atoms with Gasteiger partial charge in [0.1, 0.15) is 5.54 Å². The second-order valence-corrected chi connectivity index (χ2v) is 7.31. The second kappa shape index (κ2) is 6.34. The van der Waals surface area contributed by atoms with Crippen molar-refractivity contribution in [1.29, 1.82) is 0 Å². The molecule has 1 saturated carbocycles. The first kappa shape index (κ1) is 16.3. The molecular weight excluding hydrogens is 314 g/mol. The fourth-order valence-corrected chi connectivity index (χ4v) is 4.17. The Morgan fingerprint density at radius 3 is 2.29 bits per heavy atom. The van der Waals surface area contributed by atoms with Gasteiger partial charge in [0.15, 0.2) is 0 Å². The number of ether oxygens (including phenoxy) is 1. The van der Waals surface area contributed by atoms with Crippen molar-refractivity contribution in [2.75, 3.05) is 7.11 Å². The lowest BCUT2D eigenvalue weighted by Gasteiger charge is -2.34. The first-order valence-electron chi connectivity index (χ1n) is 6.78. The van der Waals surface area contributed by atoms with E-state index < -0.39 is 21.5 Å². The van der Waals surface area contributed by atoms with Crippen molar-refractivity contribution < 1.29 is 17.9 Å². The summed E-state index contributed by atoms with van der Waals surface area (Å²) in [6, 6.07) is 5.83. The summed E-state index contributed by atoms with van der Waals surface area (Å²) >= 11 is 5.76. The summed E-state index contributed by atoms with van der Waals surface area (Å²) in [5.41, 5.74) is -1.16. The number of benzene rings is 1. The first-order chi connectivity index (χ1) is 9.89. The highest BCUT2D eigenvalue weighted by Crippen LogP contribution is 2.31. The van der Waals surface area contributed by atoms with Crippen LogP contribution in [0.5, 0.6) is 0 Å². The number of methoxy groups -OCH3 is 1. The van der Waals surface area contributed by atoms with E-state index in [0.29, 0.717) is 17.9 Å². The van der Waals surface area contributed by atoms with Gasteiger partial charge in [-0.2, -0.15) is 4.72 Å². The molecule has 0 radical (unpaired) electrons. The van der Waals surface area contributed by atoms with Gasteiger partial charge in [0.05, 0.1) is 12.0 Å². The van der Waals surface area contributed by atoms with Crippen LogP contribution in [-0.4, -0.2) is 27.0 Å². The van der Waals surface area contributed by atoms with Crippen molar-refractivity contribution in [3.8, 4) is 0 Å². The molecule has 1 aliphatic carbocycles. The quantitative estimate of drug-likeness (QED) is 0.860. The molecule has 116 valence electrons. The number of hydrogen-bond donors (Lipinski definition) is 1. The number of carbonyl (C=O) groups is 1. The van der Waals surface area contributed by atoms with E-state index in [9.17, 15) is 13.2 Å². The Labute approximate surface area is 129 Å². The second-order valence-electron chi connectivity index (χ2n) is 5.19. The lowest BCUT2D eigenvalue weighted by molar-refractivity contribution is -0.149.